The van der Waals surface area contributed by atoms with E-state index in [9.17, 15) is 4.79 Å². The van der Waals surface area contributed by atoms with Crippen LogP contribution < -0.4 is 0 Å². The van der Waals surface area contributed by atoms with Crippen molar-refractivity contribution in [2.24, 2.45) is 5.41 Å². The summed E-state index contributed by atoms with van der Waals surface area (Å²) in [6.07, 6.45) is 9.28. The molecule has 0 atom stereocenters. The number of carbonyl (C=O) groups excluding carboxylic acids is 1. The first-order chi connectivity index (χ1) is 14.4. The lowest BCUT2D eigenvalue weighted by Gasteiger charge is -2.22. The van der Waals surface area contributed by atoms with Gasteiger partial charge in [0.05, 0.1) is 11.9 Å². The maximum Gasteiger partial charge on any atom is 0.254 e. The first kappa shape index (κ1) is 19.0. The summed E-state index contributed by atoms with van der Waals surface area (Å²) in [5, 5.41) is 4.67. The van der Waals surface area contributed by atoms with Crippen molar-refractivity contribution in [2.45, 2.75) is 52.6 Å². The van der Waals surface area contributed by atoms with Gasteiger partial charge in [-0.1, -0.05) is 38.0 Å². The summed E-state index contributed by atoms with van der Waals surface area (Å²) in [6, 6.07) is 10.3. The van der Waals surface area contributed by atoms with Crippen LogP contribution in [-0.2, 0) is 13.1 Å². The molecule has 3 aromatic rings. The van der Waals surface area contributed by atoms with Gasteiger partial charge >= 0.3 is 0 Å². The van der Waals surface area contributed by atoms with E-state index in [-0.39, 0.29) is 5.91 Å². The van der Waals surface area contributed by atoms with Gasteiger partial charge in [0.2, 0.25) is 0 Å². The number of rotatable bonds is 4. The molecule has 0 bridgehead atoms. The molecule has 5 heteroatoms. The summed E-state index contributed by atoms with van der Waals surface area (Å²) in [6.45, 7) is 6.01. The van der Waals surface area contributed by atoms with Crippen molar-refractivity contribution in [1.82, 2.24) is 19.7 Å². The SMILES string of the molecule is Cc1ccc(-c2cnn(CC3(C)CCCC3)c2)c(-c2ccc3c(c2)C(=O)N(C)C3)n1. The second kappa shape index (κ2) is 7.08. The predicted octanol–water partition coefficient (Wildman–Crippen LogP) is 5.09. The molecule has 0 N–H and O–H groups in total. The highest BCUT2D eigenvalue weighted by atomic mass is 16.2. The number of hydrogen-bond donors (Lipinski definition) is 0. The number of pyridine rings is 1. The van der Waals surface area contributed by atoms with Gasteiger partial charge in [-0.25, -0.2) is 0 Å². The van der Waals surface area contributed by atoms with Crippen LogP contribution in [-0.4, -0.2) is 32.6 Å². The molecule has 30 heavy (non-hydrogen) atoms. The number of aromatic nitrogens is 3. The normalized spacial score (nSPS) is 17.6. The average Bonchev–Trinajstić information content (AvgIpc) is 3.43. The number of benzene rings is 1. The molecule has 1 aliphatic heterocycles. The zero-order chi connectivity index (χ0) is 20.9. The van der Waals surface area contributed by atoms with Crippen molar-refractivity contribution in [3.8, 4) is 22.4 Å². The molecule has 5 nitrogen and oxygen atoms in total. The number of carbonyl (C=O) groups is 1. The minimum absolute atomic E-state index is 0.0821. The molecule has 2 aliphatic rings. The molecular weight excluding hydrogens is 372 g/mol. The third kappa shape index (κ3) is 3.32. The van der Waals surface area contributed by atoms with Crippen molar-refractivity contribution < 1.29 is 4.79 Å². The Morgan fingerprint density at radius 2 is 1.87 bits per heavy atom. The highest BCUT2D eigenvalue weighted by Crippen LogP contribution is 2.39. The van der Waals surface area contributed by atoms with Crippen LogP contribution in [0, 0.1) is 12.3 Å². The van der Waals surface area contributed by atoms with E-state index < -0.39 is 0 Å². The van der Waals surface area contributed by atoms with E-state index in [2.05, 4.69) is 41.1 Å². The summed E-state index contributed by atoms with van der Waals surface area (Å²) in [5.74, 6) is 0.0821. The lowest BCUT2D eigenvalue weighted by Crippen LogP contribution is -2.19. The number of amides is 1. The fourth-order valence-corrected chi connectivity index (χ4v) is 4.97. The minimum atomic E-state index is 0.0821. The average molecular weight is 401 g/mol. The summed E-state index contributed by atoms with van der Waals surface area (Å²) < 4.78 is 2.09. The van der Waals surface area contributed by atoms with Crippen molar-refractivity contribution in [2.75, 3.05) is 7.05 Å². The minimum Gasteiger partial charge on any atom is -0.337 e. The van der Waals surface area contributed by atoms with Gasteiger partial charge in [-0.2, -0.15) is 5.10 Å². The number of aryl methyl sites for hydroxylation is 1. The molecule has 0 spiro atoms. The molecule has 2 aromatic heterocycles. The van der Waals surface area contributed by atoms with Gasteiger partial charge in [0.15, 0.2) is 0 Å². The first-order valence-corrected chi connectivity index (χ1v) is 10.8. The van der Waals surface area contributed by atoms with Crippen LogP contribution in [0.5, 0.6) is 0 Å². The molecular formula is C25H28N4O. The van der Waals surface area contributed by atoms with E-state index in [0.29, 0.717) is 12.0 Å². The van der Waals surface area contributed by atoms with Crippen LogP contribution in [0.3, 0.4) is 0 Å². The largest absolute Gasteiger partial charge is 0.337 e. The third-order valence-corrected chi connectivity index (χ3v) is 6.70. The highest BCUT2D eigenvalue weighted by Gasteiger charge is 2.29. The molecule has 1 amide bonds. The summed E-state index contributed by atoms with van der Waals surface area (Å²) >= 11 is 0. The van der Waals surface area contributed by atoms with E-state index >= 15 is 0 Å². The van der Waals surface area contributed by atoms with Gasteiger partial charge in [-0.15, -0.1) is 0 Å². The van der Waals surface area contributed by atoms with Gasteiger partial charge in [-0.05, 0) is 42.9 Å². The Morgan fingerprint density at radius 3 is 2.67 bits per heavy atom. The monoisotopic (exact) mass is 400 g/mol. The number of hydrogen-bond acceptors (Lipinski definition) is 3. The topological polar surface area (TPSA) is 51.0 Å². The van der Waals surface area contributed by atoms with E-state index in [1.54, 1.807) is 4.90 Å². The van der Waals surface area contributed by atoms with Crippen LogP contribution in [0.15, 0.2) is 42.7 Å². The van der Waals surface area contributed by atoms with Crippen molar-refractivity contribution in [1.29, 1.82) is 0 Å². The molecule has 1 aliphatic carbocycles. The van der Waals surface area contributed by atoms with Crippen LogP contribution in [0.2, 0.25) is 0 Å². The Hall–Kier alpha value is -2.95. The Morgan fingerprint density at radius 1 is 1.07 bits per heavy atom. The van der Waals surface area contributed by atoms with Gasteiger partial charge in [0.25, 0.3) is 5.91 Å². The van der Waals surface area contributed by atoms with Crippen LogP contribution in [0.25, 0.3) is 22.4 Å². The predicted molar refractivity (Wildman–Crippen MR) is 118 cm³/mol. The van der Waals surface area contributed by atoms with Crippen LogP contribution in [0.1, 0.15) is 54.2 Å². The molecule has 3 heterocycles. The van der Waals surface area contributed by atoms with E-state index in [1.807, 2.05) is 32.3 Å². The number of fused-ring (bicyclic) bond motifs is 1. The molecule has 1 saturated carbocycles. The maximum atomic E-state index is 12.5. The fraction of sp³-hybridized carbons (Fsp3) is 0.400. The molecule has 154 valence electrons. The quantitative estimate of drug-likeness (QED) is 0.613. The van der Waals surface area contributed by atoms with Gasteiger partial charge < -0.3 is 4.90 Å². The summed E-state index contributed by atoms with van der Waals surface area (Å²) in [5.41, 5.74) is 7.20. The smallest absolute Gasteiger partial charge is 0.254 e. The molecule has 0 radical (unpaired) electrons. The number of nitrogens with zero attached hydrogens (tertiary/aromatic N) is 4. The van der Waals surface area contributed by atoms with Crippen LogP contribution in [0.4, 0.5) is 0 Å². The van der Waals surface area contributed by atoms with Gasteiger partial charge in [0, 0.05) is 54.3 Å². The Balaban J connectivity index is 1.52. The van der Waals surface area contributed by atoms with E-state index in [4.69, 9.17) is 4.98 Å². The zero-order valence-electron chi connectivity index (χ0n) is 18.0. The molecule has 0 unspecified atom stereocenters. The van der Waals surface area contributed by atoms with Crippen molar-refractivity contribution in [3.63, 3.8) is 0 Å². The van der Waals surface area contributed by atoms with Crippen LogP contribution >= 0.6 is 0 Å². The highest BCUT2D eigenvalue weighted by molar-refractivity contribution is 5.99. The first-order valence-electron chi connectivity index (χ1n) is 10.8. The third-order valence-electron chi connectivity index (χ3n) is 6.70. The van der Waals surface area contributed by atoms with Crippen molar-refractivity contribution in [3.05, 3.63) is 59.5 Å². The van der Waals surface area contributed by atoms with E-state index in [0.717, 1.165) is 45.7 Å². The standard InChI is InChI=1S/C25H28N4O/c1-17-6-9-21(20-13-26-29(15-20)16-25(2)10-4-5-11-25)23(27-17)18-7-8-19-14-28(3)24(30)22(19)12-18/h6-9,12-13,15H,4-5,10-11,14,16H2,1-3H3. The fourth-order valence-electron chi connectivity index (χ4n) is 4.97. The molecule has 1 fully saturated rings. The molecule has 0 saturated heterocycles. The molecule has 1 aromatic carbocycles. The molecule has 5 rings (SSSR count). The lowest BCUT2D eigenvalue weighted by molar-refractivity contribution is 0.0816. The summed E-state index contributed by atoms with van der Waals surface area (Å²) in [7, 11) is 1.84. The zero-order valence-corrected chi connectivity index (χ0v) is 18.0. The van der Waals surface area contributed by atoms with Gasteiger partial charge in [0.1, 0.15) is 0 Å². The van der Waals surface area contributed by atoms with E-state index in [1.165, 1.54) is 25.7 Å². The second-order valence-corrected chi connectivity index (χ2v) is 9.33. The van der Waals surface area contributed by atoms with Gasteiger partial charge in [-0.3, -0.25) is 14.5 Å². The Kier molecular flexibility index (Phi) is 4.49. The Bertz CT molecular complexity index is 1120. The maximum absolute atomic E-state index is 12.5. The second-order valence-electron chi connectivity index (χ2n) is 9.33. The van der Waals surface area contributed by atoms with Crippen molar-refractivity contribution >= 4 is 5.91 Å². The lowest BCUT2D eigenvalue weighted by atomic mass is 9.89. The summed E-state index contributed by atoms with van der Waals surface area (Å²) in [4.78, 5) is 19.1. The Labute approximate surface area is 177 Å².